The maximum Gasteiger partial charge on any atom is 0.261 e. The molecular formula is C11H17N3O2S. The average Bonchev–Trinajstić information content (AvgIpc) is 2.82. The minimum absolute atomic E-state index is 0.0450. The zero-order chi connectivity index (χ0) is 12.7. The lowest BCUT2D eigenvalue weighted by molar-refractivity contribution is 0.0956. The Morgan fingerprint density at radius 1 is 1.65 bits per heavy atom. The number of nitrogens with two attached hydrogens (primary N) is 1. The Balaban J connectivity index is 2.35. The largest absolute Gasteiger partial charge is 0.409 e. The van der Waals surface area contributed by atoms with E-state index in [0.717, 1.165) is 16.9 Å². The van der Waals surface area contributed by atoms with E-state index < -0.39 is 0 Å². The summed E-state index contributed by atoms with van der Waals surface area (Å²) in [6.45, 7) is 2.55. The first-order chi connectivity index (χ1) is 8.19. The van der Waals surface area contributed by atoms with E-state index in [1.807, 2.05) is 18.4 Å². The predicted octanol–water partition coefficient (Wildman–Crippen LogP) is 1.57. The molecule has 0 aromatic carbocycles. The third-order valence-electron chi connectivity index (χ3n) is 2.36. The highest BCUT2D eigenvalue weighted by Gasteiger charge is 2.10. The second-order valence-electron chi connectivity index (χ2n) is 3.58. The van der Waals surface area contributed by atoms with Gasteiger partial charge in [0.2, 0.25) is 0 Å². The number of hydrogen-bond donors (Lipinski definition) is 3. The molecule has 0 unspecified atom stereocenters. The van der Waals surface area contributed by atoms with Crippen LogP contribution in [0.1, 0.15) is 35.0 Å². The smallest absolute Gasteiger partial charge is 0.261 e. The number of aryl methyl sites for hydroxylation is 1. The summed E-state index contributed by atoms with van der Waals surface area (Å²) in [6.07, 6.45) is 1.99. The minimum atomic E-state index is -0.0450. The van der Waals surface area contributed by atoms with Gasteiger partial charge < -0.3 is 16.3 Å². The number of thiophene rings is 1. The van der Waals surface area contributed by atoms with Crippen molar-refractivity contribution in [2.24, 2.45) is 10.9 Å². The van der Waals surface area contributed by atoms with Crippen molar-refractivity contribution < 1.29 is 10.0 Å². The summed E-state index contributed by atoms with van der Waals surface area (Å²) in [5.74, 6) is 0.140. The number of rotatable bonds is 6. The maximum atomic E-state index is 11.8. The molecule has 0 aliphatic rings. The van der Waals surface area contributed by atoms with Gasteiger partial charge in [0, 0.05) is 13.0 Å². The van der Waals surface area contributed by atoms with Crippen molar-refractivity contribution >= 4 is 23.1 Å². The van der Waals surface area contributed by atoms with Crippen LogP contribution in [0.25, 0.3) is 0 Å². The van der Waals surface area contributed by atoms with E-state index in [0.29, 0.717) is 19.4 Å². The third kappa shape index (κ3) is 4.07. The van der Waals surface area contributed by atoms with Crippen LogP contribution in [0.5, 0.6) is 0 Å². The average molecular weight is 255 g/mol. The summed E-state index contributed by atoms with van der Waals surface area (Å²) in [5, 5.41) is 15.9. The fourth-order valence-corrected chi connectivity index (χ4v) is 2.33. The van der Waals surface area contributed by atoms with E-state index in [2.05, 4.69) is 10.5 Å². The van der Waals surface area contributed by atoms with Gasteiger partial charge in [-0.05, 0) is 29.9 Å². The van der Waals surface area contributed by atoms with Gasteiger partial charge in [-0.3, -0.25) is 4.79 Å². The molecule has 0 aliphatic heterocycles. The van der Waals surface area contributed by atoms with Crippen LogP contribution in [0.15, 0.2) is 16.6 Å². The molecular weight excluding hydrogens is 238 g/mol. The number of nitrogens with zero attached hydrogens (tertiary/aromatic N) is 1. The molecule has 0 aliphatic carbocycles. The normalized spacial score (nSPS) is 11.5. The molecule has 0 fully saturated rings. The molecule has 1 aromatic rings. The summed E-state index contributed by atoms with van der Waals surface area (Å²) >= 11 is 1.45. The Labute approximate surface area is 104 Å². The topological polar surface area (TPSA) is 87.7 Å². The molecule has 0 saturated heterocycles. The fourth-order valence-electron chi connectivity index (χ4n) is 1.42. The Morgan fingerprint density at radius 3 is 3.06 bits per heavy atom. The second-order valence-corrected chi connectivity index (χ2v) is 4.50. The van der Waals surface area contributed by atoms with Crippen molar-refractivity contribution in [2.45, 2.75) is 26.2 Å². The van der Waals surface area contributed by atoms with Crippen molar-refractivity contribution in [3.8, 4) is 0 Å². The van der Waals surface area contributed by atoms with Crippen LogP contribution in [0, 0.1) is 0 Å². The third-order valence-corrected chi connectivity index (χ3v) is 3.31. The summed E-state index contributed by atoms with van der Waals surface area (Å²) in [4.78, 5) is 12.6. The van der Waals surface area contributed by atoms with Gasteiger partial charge in [0.15, 0.2) is 0 Å². The first kappa shape index (κ1) is 13.5. The SMILES string of the molecule is CCc1ccsc1C(=O)NCCCC(N)=NO. The fraction of sp³-hybridized carbons (Fsp3) is 0.455. The monoisotopic (exact) mass is 255 g/mol. The molecule has 94 valence electrons. The standard InChI is InChI=1S/C11H17N3O2S/c1-2-8-5-7-17-10(8)11(15)13-6-3-4-9(12)14-16/h5,7,16H,2-4,6H2,1H3,(H2,12,14)(H,13,15). The number of nitrogens with one attached hydrogen (secondary N) is 1. The van der Waals surface area contributed by atoms with Crippen molar-refractivity contribution in [1.29, 1.82) is 0 Å². The van der Waals surface area contributed by atoms with E-state index >= 15 is 0 Å². The molecule has 0 radical (unpaired) electrons. The minimum Gasteiger partial charge on any atom is -0.409 e. The quantitative estimate of drug-likeness (QED) is 0.237. The van der Waals surface area contributed by atoms with Crippen LogP contribution < -0.4 is 11.1 Å². The van der Waals surface area contributed by atoms with Crippen molar-refractivity contribution in [3.05, 3.63) is 21.9 Å². The van der Waals surface area contributed by atoms with E-state index in [1.165, 1.54) is 11.3 Å². The zero-order valence-corrected chi connectivity index (χ0v) is 10.6. The van der Waals surface area contributed by atoms with Gasteiger partial charge in [0.25, 0.3) is 5.91 Å². The summed E-state index contributed by atoms with van der Waals surface area (Å²) in [7, 11) is 0. The highest BCUT2D eigenvalue weighted by atomic mass is 32.1. The molecule has 1 heterocycles. The Bertz CT molecular complexity index is 401. The van der Waals surface area contributed by atoms with Gasteiger partial charge >= 0.3 is 0 Å². The van der Waals surface area contributed by atoms with Gasteiger partial charge in [-0.1, -0.05) is 12.1 Å². The van der Waals surface area contributed by atoms with Gasteiger partial charge in [0.05, 0.1) is 4.88 Å². The molecule has 5 nitrogen and oxygen atoms in total. The lowest BCUT2D eigenvalue weighted by atomic mass is 10.2. The highest BCUT2D eigenvalue weighted by Crippen LogP contribution is 2.16. The zero-order valence-electron chi connectivity index (χ0n) is 9.77. The Hall–Kier alpha value is -1.56. The van der Waals surface area contributed by atoms with Crippen molar-refractivity contribution in [2.75, 3.05) is 6.54 Å². The van der Waals surface area contributed by atoms with E-state index in [-0.39, 0.29) is 11.7 Å². The molecule has 1 rings (SSSR count). The van der Waals surface area contributed by atoms with Crippen LogP contribution in [-0.2, 0) is 6.42 Å². The van der Waals surface area contributed by atoms with Crippen LogP contribution in [0.4, 0.5) is 0 Å². The van der Waals surface area contributed by atoms with Crippen LogP contribution in [0.2, 0.25) is 0 Å². The molecule has 1 aromatic heterocycles. The summed E-state index contributed by atoms with van der Waals surface area (Å²) in [6, 6.07) is 1.97. The van der Waals surface area contributed by atoms with Crippen LogP contribution in [0.3, 0.4) is 0 Å². The molecule has 4 N–H and O–H groups in total. The van der Waals surface area contributed by atoms with E-state index in [9.17, 15) is 4.79 Å². The van der Waals surface area contributed by atoms with Gasteiger partial charge in [-0.15, -0.1) is 11.3 Å². The lowest BCUT2D eigenvalue weighted by Crippen LogP contribution is -2.25. The van der Waals surface area contributed by atoms with E-state index in [4.69, 9.17) is 10.9 Å². The van der Waals surface area contributed by atoms with Crippen molar-refractivity contribution in [1.82, 2.24) is 5.32 Å². The Morgan fingerprint density at radius 2 is 2.41 bits per heavy atom. The first-order valence-corrected chi connectivity index (χ1v) is 6.38. The number of carbonyl (C=O) groups is 1. The molecule has 1 amide bonds. The lowest BCUT2D eigenvalue weighted by Gasteiger charge is -2.04. The van der Waals surface area contributed by atoms with Crippen LogP contribution in [-0.4, -0.2) is 23.5 Å². The molecule has 0 atom stereocenters. The van der Waals surface area contributed by atoms with Gasteiger partial charge in [-0.2, -0.15) is 0 Å². The molecule has 17 heavy (non-hydrogen) atoms. The predicted molar refractivity (Wildman–Crippen MR) is 68.7 cm³/mol. The molecule has 6 heteroatoms. The number of oxime groups is 1. The van der Waals surface area contributed by atoms with Gasteiger partial charge in [-0.25, -0.2) is 0 Å². The summed E-state index contributed by atoms with van der Waals surface area (Å²) in [5.41, 5.74) is 6.39. The molecule has 0 saturated carbocycles. The number of carbonyl (C=O) groups excluding carboxylic acids is 1. The Kier molecular flexibility index (Phi) is 5.48. The van der Waals surface area contributed by atoms with E-state index in [1.54, 1.807) is 0 Å². The van der Waals surface area contributed by atoms with Crippen LogP contribution >= 0.6 is 11.3 Å². The number of amides is 1. The summed E-state index contributed by atoms with van der Waals surface area (Å²) < 4.78 is 0. The van der Waals surface area contributed by atoms with Gasteiger partial charge in [0.1, 0.15) is 5.84 Å². The highest BCUT2D eigenvalue weighted by molar-refractivity contribution is 7.12. The van der Waals surface area contributed by atoms with Crippen molar-refractivity contribution in [3.63, 3.8) is 0 Å². The first-order valence-electron chi connectivity index (χ1n) is 5.50. The second kappa shape index (κ2) is 6.90. The molecule has 0 spiro atoms. The number of amidine groups is 1. The molecule has 0 bridgehead atoms. The maximum absolute atomic E-state index is 11.8. The number of hydrogen-bond acceptors (Lipinski definition) is 4.